The van der Waals surface area contributed by atoms with Gasteiger partial charge in [-0.15, -0.1) is 0 Å². The molecule has 2 rings (SSSR count). The van der Waals surface area contributed by atoms with Crippen LogP contribution < -0.4 is 5.73 Å². The zero-order chi connectivity index (χ0) is 9.47. The second kappa shape index (κ2) is 3.00. The van der Waals surface area contributed by atoms with Crippen molar-refractivity contribution >= 4 is 15.9 Å². The van der Waals surface area contributed by atoms with Crippen LogP contribution >= 0.6 is 15.9 Å². The molecule has 0 unspecified atom stereocenters. The highest BCUT2D eigenvalue weighted by Gasteiger charge is 2.38. The predicted molar refractivity (Wildman–Crippen MR) is 55.7 cm³/mol. The molecule has 0 aromatic heterocycles. The van der Waals surface area contributed by atoms with Gasteiger partial charge in [0.15, 0.2) is 0 Å². The SMILES string of the molecule is NC1(Cc2cccc(Br)c2O)CC1. The molecule has 1 aliphatic carbocycles. The normalized spacial score (nSPS) is 18.6. The number of aromatic hydroxyl groups is 1. The Morgan fingerprint density at radius 2 is 2.15 bits per heavy atom. The van der Waals surface area contributed by atoms with Crippen molar-refractivity contribution in [3.8, 4) is 5.75 Å². The van der Waals surface area contributed by atoms with Crippen LogP contribution in [0.3, 0.4) is 0 Å². The summed E-state index contributed by atoms with van der Waals surface area (Å²) in [5.74, 6) is 0.333. The maximum absolute atomic E-state index is 9.69. The summed E-state index contributed by atoms with van der Waals surface area (Å²) in [4.78, 5) is 0. The third-order valence-electron chi connectivity index (χ3n) is 2.51. The molecule has 1 aromatic rings. The van der Waals surface area contributed by atoms with Crippen LogP contribution in [0.5, 0.6) is 5.75 Å². The third-order valence-corrected chi connectivity index (χ3v) is 3.14. The Morgan fingerprint density at radius 1 is 1.46 bits per heavy atom. The number of phenols is 1. The van der Waals surface area contributed by atoms with E-state index < -0.39 is 0 Å². The lowest BCUT2D eigenvalue weighted by Gasteiger charge is -2.10. The Morgan fingerprint density at radius 3 is 2.77 bits per heavy atom. The highest BCUT2D eigenvalue weighted by Crippen LogP contribution is 2.39. The van der Waals surface area contributed by atoms with E-state index in [1.807, 2.05) is 18.2 Å². The number of nitrogens with two attached hydrogens (primary N) is 1. The van der Waals surface area contributed by atoms with Crippen molar-refractivity contribution in [1.29, 1.82) is 0 Å². The highest BCUT2D eigenvalue weighted by molar-refractivity contribution is 9.10. The second-order valence-electron chi connectivity index (χ2n) is 3.79. The van der Waals surface area contributed by atoms with Gasteiger partial charge in [-0.05, 0) is 46.8 Å². The first-order chi connectivity index (χ1) is 6.11. The smallest absolute Gasteiger partial charge is 0.133 e. The van der Waals surface area contributed by atoms with Gasteiger partial charge in [-0.25, -0.2) is 0 Å². The molecule has 0 saturated heterocycles. The van der Waals surface area contributed by atoms with Gasteiger partial charge in [0, 0.05) is 5.54 Å². The summed E-state index contributed by atoms with van der Waals surface area (Å²) in [6, 6.07) is 5.67. The molecule has 0 amide bonds. The summed E-state index contributed by atoms with van der Waals surface area (Å²) in [5, 5.41) is 9.69. The number of rotatable bonds is 2. The average Bonchev–Trinajstić information content (AvgIpc) is 2.78. The Labute approximate surface area is 85.9 Å². The lowest BCUT2D eigenvalue weighted by atomic mass is 10.0. The fourth-order valence-corrected chi connectivity index (χ4v) is 1.83. The van der Waals surface area contributed by atoms with Crippen molar-refractivity contribution in [2.75, 3.05) is 0 Å². The topological polar surface area (TPSA) is 46.2 Å². The molecule has 1 aromatic carbocycles. The molecule has 0 heterocycles. The molecule has 3 heteroatoms. The van der Waals surface area contributed by atoms with E-state index in [2.05, 4.69) is 15.9 Å². The second-order valence-corrected chi connectivity index (χ2v) is 4.64. The van der Waals surface area contributed by atoms with Crippen molar-refractivity contribution in [2.24, 2.45) is 5.73 Å². The number of para-hydroxylation sites is 1. The van der Waals surface area contributed by atoms with Crippen LogP contribution in [0, 0.1) is 0 Å². The van der Waals surface area contributed by atoms with Gasteiger partial charge in [-0.2, -0.15) is 0 Å². The van der Waals surface area contributed by atoms with Crippen LogP contribution in [-0.2, 0) is 6.42 Å². The van der Waals surface area contributed by atoms with Gasteiger partial charge < -0.3 is 10.8 Å². The molecule has 13 heavy (non-hydrogen) atoms. The van der Waals surface area contributed by atoms with Crippen LogP contribution in [0.2, 0.25) is 0 Å². The minimum Gasteiger partial charge on any atom is -0.506 e. The molecule has 1 saturated carbocycles. The van der Waals surface area contributed by atoms with Crippen LogP contribution in [0.1, 0.15) is 18.4 Å². The van der Waals surface area contributed by atoms with Gasteiger partial charge in [-0.1, -0.05) is 12.1 Å². The standard InChI is InChI=1S/C10H12BrNO/c11-8-3-1-2-7(9(8)13)6-10(12)4-5-10/h1-3,13H,4-6,12H2. The number of benzene rings is 1. The van der Waals surface area contributed by atoms with Gasteiger partial charge >= 0.3 is 0 Å². The molecule has 0 atom stereocenters. The summed E-state index contributed by atoms with van der Waals surface area (Å²) in [6.45, 7) is 0. The molecule has 3 N–H and O–H groups in total. The minimum atomic E-state index is -0.0434. The fourth-order valence-electron chi connectivity index (χ4n) is 1.42. The monoisotopic (exact) mass is 241 g/mol. The van der Waals surface area contributed by atoms with E-state index in [9.17, 15) is 5.11 Å². The van der Waals surface area contributed by atoms with Crippen molar-refractivity contribution in [2.45, 2.75) is 24.8 Å². The molecule has 70 valence electrons. The van der Waals surface area contributed by atoms with E-state index >= 15 is 0 Å². The Hall–Kier alpha value is -0.540. The zero-order valence-electron chi connectivity index (χ0n) is 7.26. The molecule has 2 nitrogen and oxygen atoms in total. The molecule has 1 aliphatic rings. The quantitative estimate of drug-likeness (QED) is 0.834. The lowest BCUT2D eigenvalue weighted by Crippen LogP contribution is -2.24. The fraction of sp³-hybridized carbons (Fsp3) is 0.400. The van der Waals surface area contributed by atoms with E-state index in [4.69, 9.17) is 5.73 Å². The molecule has 1 fully saturated rings. The van der Waals surface area contributed by atoms with Gasteiger partial charge in [0.2, 0.25) is 0 Å². The molecule has 0 spiro atoms. The van der Waals surface area contributed by atoms with E-state index in [1.54, 1.807) is 0 Å². The number of halogens is 1. The molecule has 0 bridgehead atoms. The van der Waals surface area contributed by atoms with Crippen molar-refractivity contribution < 1.29 is 5.11 Å². The van der Waals surface area contributed by atoms with Crippen molar-refractivity contribution in [1.82, 2.24) is 0 Å². The molecular formula is C10H12BrNO. The van der Waals surface area contributed by atoms with E-state index in [1.165, 1.54) is 0 Å². The summed E-state index contributed by atoms with van der Waals surface area (Å²) in [5.41, 5.74) is 6.87. The summed E-state index contributed by atoms with van der Waals surface area (Å²) < 4.78 is 0.745. The molecular weight excluding hydrogens is 230 g/mol. The van der Waals surface area contributed by atoms with Crippen molar-refractivity contribution in [3.05, 3.63) is 28.2 Å². The van der Waals surface area contributed by atoms with Gasteiger partial charge in [0.25, 0.3) is 0 Å². The Kier molecular flexibility index (Phi) is 2.08. The van der Waals surface area contributed by atoms with Crippen LogP contribution in [-0.4, -0.2) is 10.6 Å². The highest BCUT2D eigenvalue weighted by atomic mass is 79.9. The Bertz CT molecular complexity index is 334. The summed E-state index contributed by atoms with van der Waals surface area (Å²) >= 11 is 3.28. The lowest BCUT2D eigenvalue weighted by molar-refractivity contribution is 0.460. The third kappa shape index (κ3) is 1.86. The predicted octanol–water partition coefficient (Wildman–Crippen LogP) is 2.19. The zero-order valence-corrected chi connectivity index (χ0v) is 8.84. The largest absolute Gasteiger partial charge is 0.506 e. The van der Waals surface area contributed by atoms with Gasteiger partial charge in [0.05, 0.1) is 4.47 Å². The summed E-state index contributed by atoms with van der Waals surface area (Å²) in [6.07, 6.45) is 2.91. The minimum absolute atomic E-state index is 0.0434. The Balaban J connectivity index is 2.25. The van der Waals surface area contributed by atoms with E-state index in [0.29, 0.717) is 5.75 Å². The van der Waals surface area contributed by atoms with E-state index in [-0.39, 0.29) is 5.54 Å². The van der Waals surface area contributed by atoms with Gasteiger partial charge in [0.1, 0.15) is 5.75 Å². The molecule has 0 aliphatic heterocycles. The van der Waals surface area contributed by atoms with Crippen LogP contribution in [0.15, 0.2) is 22.7 Å². The first kappa shape index (κ1) is 9.03. The van der Waals surface area contributed by atoms with Gasteiger partial charge in [-0.3, -0.25) is 0 Å². The maximum atomic E-state index is 9.69. The maximum Gasteiger partial charge on any atom is 0.133 e. The first-order valence-corrected chi connectivity index (χ1v) is 5.15. The number of hydrogen-bond donors (Lipinski definition) is 2. The molecule has 0 radical (unpaired) electrons. The van der Waals surface area contributed by atoms with E-state index in [0.717, 1.165) is 29.3 Å². The number of phenolic OH excluding ortho intramolecular Hbond substituents is 1. The number of hydrogen-bond acceptors (Lipinski definition) is 2. The first-order valence-electron chi connectivity index (χ1n) is 4.36. The summed E-state index contributed by atoms with van der Waals surface area (Å²) in [7, 11) is 0. The average molecular weight is 242 g/mol. The van der Waals surface area contributed by atoms with Crippen LogP contribution in [0.25, 0.3) is 0 Å². The van der Waals surface area contributed by atoms with Crippen molar-refractivity contribution in [3.63, 3.8) is 0 Å². The van der Waals surface area contributed by atoms with Crippen LogP contribution in [0.4, 0.5) is 0 Å².